The smallest absolute Gasteiger partial charge is 0.275 e. The Balaban J connectivity index is 1.62. The number of carbonyl (C=O) groups excluding carboxylic acids is 1. The van der Waals surface area contributed by atoms with Crippen molar-refractivity contribution in [3.8, 4) is 0 Å². The molecule has 0 aliphatic carbocycles. The number of H-pyrrole nitrogens is 1. The first kappa shape index (κ1) is 19.1. The molecule has 1 heterocycles. The van der Waals surface area contributed by atoms with Crippen LogP contribution in [0.3, 0.4) is 0 Å². The van der Waals surface area contributed by atoms with E-state index in [9.17, 15) is 9.59 Å². The summed E-state index contributed by atoms with van der Waals surface area (Å²) in [6.45, 7) is 3.94. The van der Waals surface area contributed by atoms with Crippen molar-refractivity contribution in [1.29, 1.82) is 0 Å². The number of hydrogen-bond donors (Lipinski definition) is 3. The SMILES string of the molecule is CC[NH+](CC(=O)NCc1cccc(Cl)c1)Cc1nc2ccccc2c(=O)[nH]1. The van der Waals surface area contributed by atoms with E-state index in [2.05, 4.69) is 15.3 Å². The van der Waals surface area contributed by atoms with Crippen LogP contribution in [-0.4, -0.2) is 29.0 Å². The second kappa shape index (κ2) is 8.79. The number of halogens is 1. The lowest BCUT2D eigenvalue weighted by atomic mass is 10.2. The van der Waals surface area contributed by atoms with Crippen LogP contribution >= 0.6 is 11.6 Å². The van der Waals surface area contributed by atoms with Crippen LogP contribution in [0.25, 0.3) is 10.9 Å². The number of hydrogen-bond acceptors (Lipinski definition) is 3. The summed E-state index contributed by atoms with van der Waals surface area (Å²) >= 11 is 5.96. The monoisotopic (exact) mass is 385 g/mol. The molecule has 3 rings (SSSR count). The fourth-order valence-corrected chi connectivity index (χ4v) is 3.12. The first-order valence-corrected chi connectivity index (χ1v) is 9.25. The molecule has 1 aromatic heterocycles. The molecule has 0 fully saturated rings. The minimum atomic E-state index is -0.156. The largest absolute Gasteiger partial charge is 0.347 e. The van der Waals surface area contributed by atoms with Gasteiger partial charge in [0.05, 0.1) is 17.4 Å². The van der Waals surface area contributed by atoms with E-state index in [0.29, 0.717) is 41.4 Å². The van der Waals surface area contributed by atoms with E-state index in [1.807, 2.05) is 43.3 Å². The van der Waals surface area contributed by atoms with Gasteiger partial charge in [-0.1, -0.05) is 35.9 Å². The van der Waals surface area contributed by atoms with Gasteiger partial charge in [-0.2, -0.15) is 0 Å². The molecule has 0 radical (unpaired) electrons. The zero-order valence-corrected chi connectivity index (χ0v) is 15.8. The van der Waals surface area contributed by atoms with Crippen LogP contribution in [0.2, 0.25) is 5.02 Å². The van der Waals surface area contributed by atoms with Crippen molar-refractivity contribution in [1.82, 2.24) is 15.3 Å². The predicted molar refractivity (Wildman–Crippen MR) is 106 cm³/mol. The molecule has 0 saturated heterocycles. The van der Waals surface area contributed by atoms with Crippen molar-refractivity contribution >= 4 is 28.4 Å². The van der Waals surface area contributed by atoms with Crippen LogP contribution < -0.4 is 15.8 Å². The summed E-state index contributed by atoms with van der Waals surface area (Å²) in [5, 5.41) is 4.12. The number of likely N-dealkylation sites (N-methyl/N-ethyl adjacent to an activating group) is 1. The molecule has 2 aromatic carbocycles. The normalized spacial score (nSPS) is 12.1. The van der Waals surface area contributed by atoms with Crippen molar-refractivity contribution in [2.24, 2.45) is 0 Å². The number of nitrogens with one attached hydrogen (secondary N) is 3. The molecule has 27 heavy (non-hydrogen) atoms. The summed E-state index contributed by atoms with van der Waals surface area (Å²) in [6, 6.07) is 14.6. The zero-order valence-electron chi connectivity index (χ0n) is 15.1. The number of para-hydroxylation sites is 1. The highest BCUT2D eigenvalue weighted by Gasteiger charge is 2.15. The second-order valence-corrected chi connectivity index (χ2v) is 6.83. The number of nitrogens with zero attached hydrogens (tertiary/aromatic N) is 1. The maximum atomic E-state index is 12.3. The number of aromatic nitrogens is 2. The summed E-state index contributed by atoms with van der Waals surface area (Å²) in [6.07, 6.45) is 0. The third-order valence-corrected chi connectivity index (χ3v) is 4.60. The number of carbonyl (C=O) groups is 1. The number of aromatic amines is 1. The number of benzene rings is 2. The van der Waals surface area contributed by atoms with Crippen molar-refractivity contribution < 1.29 is 9.69 Å². The minimum Gasteiger partial charge on any atom is -0.347 e. The first-order chi connectivity index (χ1) is 13.0. The fourth-order valence-electron chi connectivity index (χ4n) is 2.91. The van der Waals surface area contributed by atoms with Gasteiger partial charge < -0.3 is 15.2 Å². The van der Waals surface area contributed by atoms with E-state index < -0.39 is 0 Å². The Morgan fingerprint density at radius 3 is 2.81 bits per heavy atom. The average molecular weight is 386 g/mol. The molecule has 0 bridgehead atoms. The molecule has 0 aliphatic rings. The Kier molecular flexibility index (Phi) is 6.21. The standard InChI is InChI=1S/C20H21ClN4O2/c1-2-25(13-19(26)22-11-14-6-5-7-15(21)10-14)12-18-23-17-9-4-3-8-16(17)20(27)24-18/h3-10H,2,11-13H2,1H3,(H,22,26)(H,23,24,27)/p+1. The molecule has 7 heteroatoms. The van der Waals surface area contributed by atoms with E-state index in [1.54, 1.807) is 12.1 Å². The summed E-state index contributed by atoms with van der Waals surface area (Å²) in [5.74, 6) is 0.521. The van der Waals surface area contributed by atoms with Crippen LogP contribution in [0, 0.1) is 0 Å². The number of rotatable bonds is 7. The van der Waals surface area contributed by atoms with Crippen LogP contribution in [0.1, 0.15) is 18.3 Å². The van der Waals surface area contributed by atoms with Crippen molar-refractivity contribution in [3.05, 3.63) is 75.3 Å². The van der Waals surface area contributed by atoms with Gasteiger partial charge in [-0.25, -0.2) is 4.98 Å². The highest BCUT2D eigenvalue weighted by atomic mass is 35.5. The summed E-state index contributed by atoms with van der Waals surface area (Å²) in [4.78, 5) is 32.8. The predicted octanol–water partition coefficient (Wildman–Crippen LogP) is 1.30. The van der Waals surface area contributed by atoms with Gasteiger partial charge in [0, 0.05) is 11.6 Å². The molecule has 140 valence electrons. The maximum absolute atomic E-state index is 12.3. The zero-order chi connectivity index (χ0) is 19.2. The van der Waals surface area contributed by atoms with Gasteiger partial charge in [0.1, 0.15) is 6.54 Å². The van der Waals surface area contributed by atoms with E-state index in [0.717, 1.165) is 17.0 Å². The molecular weight excluding hydrogens is 364 g/mol. The van der Waals surface area contributed by atoms with Gasteiger partial charge in [0.2, 0.25) is 0 Å². The highest BCUT2D eigenvalue weighted by molar-refractivity contribution is 6.30. The number of amides is 1. The van der Waals surface area contributed by atoms with Crippen molar-refractivity contribution in [2.45, 2.75) is 20.0 Å². The lowest BCUT2D eigenvalue weighted by Crippen LogP contribution is -3.11. The van der Waals surface area contributed by atoms with Gasteiger partial charge in [0.25, 0.3) is 11.5 Å². The van der Waals surface area contributed by atoms with Gasteiger partial charge in [-0.05, 0) is 36.8 Å². The Morgan fingerprint density at radius 1 is 1.22 bits per heavy atom. The molecular formula is C20H22ClN4O2+. The molecule has 1 amide bonds. The van der Waals surface area contributed by atoms with E-state index >= 15 is 0 Å². The minimum absolute atomic E-state index is 0.0602. The molecule has 0 saturated carbocycles. The molecule has 0 spiro atoms. The Bertz CT molecular complexity index is 1000. The van der Waals surface area contributed by atoms with Crippen LogP contribution in [0.5, 0.6) is 0 Å². The van der Waals surface area contributed by atoms with Crippen molar-refractivity contribution in [3.63, 3.8) is 0 Å². The van der Waals surface area contributed by atoms with Gasteiger partial charge in [-0.3, -0.25) is 9.59 Å². The second-order valence-electron chi connectivity index (χ2n) is 6.39. The Labute approximate surface area is 162 Å². The quantitative estimate of drug-likeness (QED) is 0.573. The van der Waals surface area contributed by atoms with E-state index in [-0.39, 0.29) is 11.5 Å². The average Bonchev–Trinajstić information content (AvgIpc) is 2.66. The fraction of sp³-hybridized carbons (Fsp3) is 0.250. The maximum Gasteiger partial charge on any atom is 0.275 e. The van der Waals surface area contributed by atoms with Crippen molar-refractivity contribution in [2.75, 3.05) is 13.1 Å². The number of quaternary nitrogens is 1. The summed E-state index contributed by atoms with van der Waals surface area (Å²) in [5.41, 5.74) is 1.46. The van der Waals surface area contributed by atoms with E-state index in [1.165, 1.54) is 0 Å². The van der Waals surface area contributed by atoms with Gasteiger partial charge in [0.15, 0.2) is 12.4 Å². The van der Waals surface area contributed by atoms with Gasteiger partial charge in [-0.15, -0.1) is 0 Å². The molecule has 0 aliphatic heterocycles. The van der Waals surface area contributed by atoms with E-state index in [4.69, 9.17) is 11.6 Å². The third kappa shape index (κ3) is 5.15. The number of fused-ring (bicyclic) bond motifs is 1. The first-order valence-electron chi connectivity index (χ1n) is 8.88. The highest BCUT2D eigenvalue weighted by Crippen LogP contribution is 2.10. The van der Waals surface area contributed by atoms with Crippen LogP contribution in [-0.2, 0) is 17.9 Å². The van der Waals surface area contributed by atoms with Gasteiger partial charge >= 0.3 is 0 Å². The molecule has 6 nitrogen and oxygen atoms in total. The summed E-state index contributed by atoms with van der Waals surface area (Å²) < 4.78 is 0. The lowest BCUT2D eigenvalue weighted by molar-refractivity contribution is -0.904. The molecule has 1 unspecified atom stereocenters. The topological polar surface area (TPSA) is 79.3 Å². The lowest BCUT2D eigenvalue weighted by Gasteiger charge is -2.17. The third-order valence-electron chi connectivity index (χ3n) is 4.37. The molecule has 3 aromatic rings. The van der Waals surface area contributed by atoms with Crippen LogP contribution in [0.4, 0.5) is 0 Å². The Morgan fingerprint density at radius 2 is 2.04 bits per heavy atom. The molecule has 3 N–H and O–H groups in total. The van der Waals surface area contributed by atoms with Crippen LogP contribution in [0.15, 0.2) is 53.3 Å². The summed E-state index contributed by atoms with van der Waals surface area (Å²) in [7, 11) is 0. The Hall–Kier alpha value is -2.70. The molecule has 1 atom stereocenters.